The van der Waals surface area contributed by atoms with Crippen LogP contribution in [0.5, 0.6) is 0 Å². The fourth-order valence-corrected chi connectivity index (χ4v) is 2.73. The fraction of sp³-hybridized carbons (Fsp3) is 0.750. The molecule has 1 aliphatic heterocycles. The van der Waals surface area contributed by atoms with Crippen LogP contribution in [0, 0.1) is 0 Å². The standard InChI is InChI=1S/C16H25NO10/c1-9-15(17-10(2)22)12(4-11(5-18)25-9)26-14(7-20)27-16(24-8-21)13(6-19)23-3/h6-9,11-16,18H,4-5H2,1-3H3,(H,17,22)/t9-,11?,12?,13?,14+,15+,16?/m0/s1. The predicted octanol–water partition coefficient (Wildman–Crippen LogP) is -1.70. The minimum atomic E-state index is -1.53. The normalized spacial score (nSPS) is 28.4. The van der Waals surface area contributed by atoms with Gasteiger partial charge in [0.25, 0.3) is 6.47 Å². The second-order valence-electron chi connectivity index (χ2n) is 5.86. The summed E-state index contributed by atoms with van der Waals surface area (Å²) in [5, 5.41) is 12.0. The smallest absolute Gasteiger partial charge is 0.295 e. The van der Waals surface area contributed by atoms with Gasteiger partial charge in [-0.05, 0) is 6.92 Å². The minimum absolute atomic E-state index is 0.0421. The van der Waals surface area contributed by atoms with Gasteiger partial charge in [-0.2, -0.15) is 0 Å². The Bertz CT molecular complexity index is 502. The van der Waals surface area contributed by atoms with Crippen molar-refractivity contribution in [3.8, 4) is 0 Å². The van der Waals surface area contributed by atoms with Gasteiger partial charge in [-0.25, -0.2) is 0 Å². The third kappa shape index (κ3) is 6.96. The first-order valence-electron chi connectivity index (χ1n) is 8.26. The van der Waals surface area contributed by atoms with E-state index in [4.69, 9.17) is 18.9 Å². The Morgan fingerprint density at radius 3 is 2.52 bits per heavy atom. The molecule has 27 heavy (non-hydrogen) atoms. The number of methoxy groups -OCH3 is 1. The van der Waals surface area contributed by atoms with E-state index in [2.05, 4.69) is 10.1 Å². The molecule has 0 bridgehead atoms. The highest BCUT2D eigenvalue weighted by molar-refractivity contribution is 5.73. The first kappa shape index (κ1) is 23.1. The maximum Gasteiger partial charge on any atom is 0.295 e. The summed E-state index contributed by atoms with van der Waals surface area (Å²) >= 11 is 0. The Hall–Kier alpha value is -1.92. The molecule has 0 spiro atoms. The van der Waals surface area contributed by atoms with E-state index >= 15 is 0 Å². The highest BCUT2D eigenvalue weighted by atomic mass is 16.8. The lowest BCUT2D eigenvalue weighted by Gasteiger charge is -2.41. The van der Waals surface area contributed by atoms with Crippen molar-refractivity contribution in [2.45, 2.75) is 63.3 Å². The second-order valence-corrected chi connectivity index (χ2v) is 5.86. The van der Waals surface area contributed by atoms with Gasteiger partial charge in [0.1, 0.15) is 0 Å². The molecule has 7 atom stereocenters. The lowest BCUT2D eigenvalue weighted by Crippen LogP contribution is -2.58. The number of aliphatic hydroxyl groups excluding tert-OH is 1. The molecule has 0 aromatic rings. The third-order valence-corrected chi connectivity index (χ3v) is 3.93. The minimum Gasteiger partial charge on any atom is -0.434 e. The summed E-state index contributed by atoms with van der Waals surface area (Å²) in [6.45, 7) is 2.76. The van der Waals surface area contributed by atoms with Gasteiger partial charge in [-0.15, -0.1) is 0 Å². The maximum absolute atomic E-state index is 11.5. The average molecular weight is 391 g/mol. The zero-order chi connectivity index (χ0) is 20.4. The molecule has 1 rings (SSSR count). The molecule has 1 amide bonds. The molecule has 1 saturated heterocycles. The zero-order valence-electron chi connectivity index (χ0n) is 15.3. The number of aldehydes is 2. The number of amides is 1. The molecule has 11 heteroatoms. The second kappa shape index (κ2) is 11.7. The molecular weight excluding hydrogens is 366 g/mol. The molecule has 0 saturated carbocycles. The highest BCUT2D eigenvalue weighted by Crippen LogP contribution is 2.24. The Morgan fingerprint density at radius 2 is 2.04 bits per heavy atom. The molecule has 11 nitrogen and oxygen atoms in total. The number of hydrogen-bond acceptors (Lipinski definition) is 10. The van der Waals surface area contributed by atoms with Crippen molar-refractivity contribution in [2.75, 3.05) is 13.7 Å². The molecule has 1 heterocycles. The Kier molecular flexibility index (Phi) is 10.0. The van der Waals surface area contributed by atoms with Gasteiger partial charge < -0.3 is 38.9 Å². The van der Waals surface area contributed by atoms with Gasteiger partial charge in [0.05, 0.1) is 31.0 Å². The largest absolute Gasteiger partial charge is 0.434 e. The number of carbonyl (C=O) groups is 4. The first-order valence-corrected chi connectivity index (χ1v) is 8.26. The first-order chi connectivity index (χ1) is 12.9. The Morgan fingerprint density at radius 1 is 1.33 bits per heavy atom. The lowest BCUT2D eigenvalue weighted by atomic mass is 9.96. The van der Waals surface area contributed by atoms with Gasteiger partial charge in [0.2, 0.25) is 18.5 Å². The summed E-state index contributed by atoms with van der Waals surface area (Å²) in [6, 6.07) is -0.619. The van der Waals surface area contributed by atoms with E-state index in [9.17, 15) is 24.3 Å². The van der Waals surface area contributed by atoms with Gasteiger partial charge in [-0.3, -0.25) is 14.4 Å². The van der Waals surface area contributed by atoms with Gasteiger partial charge >= 0.3 is 0 Å². The van der Waals surface area contributed by atoms with Crippen molar-refractivity contribution in [1.29, 1.82) is 0 Å². The zero-order valence-corrected chi connectivity index (χ0v) is 15.3. The molecule has 2 N–H and O–H groups in total. The summed E-state index contributed by atoms with van der Waals surface area (Å²) in [4.78, 5) is 44.4. The number of rotatable bonds is 12. The topological polar surface area (TPSA) is 147 Å². The van der Waals surface area contributed by atoms with Crippen molar-refractivity contribution < 1.29 is 48.0 Å². The van der Waals surface area contributed by atoms with Crippen LogP contribution in [0.1, 0.15) is 20.3 Å². The summed E-state index contributed by atoms with van der Waals surface area (Å²) < 4.78 is 25.9. The number of ether oxygens (including phenoxy) is 5. The Labute approximate surface area is 156 Å². The van der Waals surface area contributed by atoms with Gasteiger partial charge in [-0.1, -0.05) is 0 Å². The van der Waals surface area contributed by atoms with Crippen LogP contribution in [0.4, 0.5) is 0 Å². The van der Waals surface area contributed by atoms with Crippen LogP contribution in [0.2, 0.25) is 0 Å². The van der Waals surface area contributed by atoms with Crippen LogP contribution in [0.3, 0.4) is 0 Å². The van der Waals surface area contributed by atoms with Crippen molar-refractivity contribution in [2.24, 2.45) is 0 Å². The molecule has 1 aliphatic rings. The number of hydrogen-bond donors (Lipinski definition) is 2. The molecule has 0 radical (unpaired) electrons. The van der Waals surface area contributed by atoms with Crippen molar-refractivity contribution >= 4 is 25.0 Å². The third-order valence-electron chi connectivity index (χ3n) is 3.93. The quantitative estimate of drug-likeness (QED) is 0.291. The number of nitrogens with one attached hydrogen (secondary N) is 1. The molecule has 0 aromatic heterocycles. The number of aliphatic hydroxyl groups is 1. The van der Waals surface area contributed by atoms with Crippen molar-refractivity contribution in [3.63, 3.8) is 0 Å². The van der Waals surface area contributed by atoms with Crippen LogP contribution in [-0.2, 0) is 42.9 Å². The van der Waals surface area contributed by atoms with E-state index in [1.165, 1.54) is 14.0 Å². The molecule has 4 unspecified atom stereocenters. The van der Waals surface area contributed by atoms with Gasteiger partial charge in [0, 0.05) is 20.5 Å². The Balaban J connectivity index is 2.91. The number of carbonyl (C=O) groups excluding carboxylic acids is 4. The molecule has 0 aliphatic carbocycles. The fourth-order valence-electron chi connectivity index (χ4n) is 2.73. The average Bonchev–Trinajstić information content (AvgIpc) is 2.64. The van der Waals surface area contributed by atoms with Crippen molar-refractivity contribution in [3.05, 3.63) is 0 Å². The van der Waals surface area contributed by atoms with Crippen molar-refractivity contribution in [1.82, 2.24) is 5.32 Å². The predicted molar refractivity (Wildman–Crippen MR) is 87.3 cm³/mol. The van der Waals surface area contributed by atoms with E-state index < -0.39 is 43.0 Å². The molecule has 154 valence electrons. The molecule has 0 aromatic carbocycles. The SMILES string of the molecule is COC(C=O)C(OC=O)O[C@H](C=O)OC1CC(CO)O[C@@H](C)[C@H]1NC(C)=O. The summed E-state index contributed by atoms with van der Waals surface area (Å²) in [6.07, 6.45) is -5.33. The van der Waals surface area contributed by atoms with Crippen LogP contribution in [0.25, 0.3) is 0 Å². The summed E-state index contributed by atoms with van der Waals surface area (Å²) in [5.41, 5.74) is 0. The summed E-state index contributed by atoms with van der Waals surface area (Å²) in [5.74, 6) is -0.336. The van der Waals surface area contributed by atoms with E-state index in [0.29, 0.717) is 12.6 Å². The lowest BCUT2D eigenvalue weighted by molar-refractivity contribution is -0.267. The summed E-state index contributed by atoms with van der Waals surface area (Å²) in [7, 11) is 1.19. The van der Waals surface area contributed by atoms with E-state index in [0.717, 1.165) is 0 Å². The van der Waals surface area contributed by atoms with E-state index in [-0.39, 0.29) is 25.4 Å². The van der Waals surface area contributed by atoms with E-state index in [1.54, 1.807) is 6.92 Å². The molecular formula is C16H25NO10. The maximum atomic E-state index is 11.5. The van der Waals surface area contributed by atoms with Crippen LogP contribution < -0.4 is 5.32 Å². The molecule has 1 fully saturated rings. The van der Waals surface area contributed by atoms with Crippen LogP contribution >= 0.6 is 0 Å². The van der Waals surface area contributed by atoms with Crippen LogP contribution in [-0.4, -0.2) is 86.8 Å². The highest BCUT2D eigenvalue weighted by Gasteiger charge is 2.39. The van der Waals surface area contributed by atoms with Crippen LogP contribution in [0.15, 0.2) is 0 Å². The van der Waals surface area contributed by atoms with Gasteiger partial charge in [0.15, 0.2) is 18.7 Å². The van der Waals surface area contributed by atoms with E-state index in [1.807, 2.05) is 0 Å². The monoisotopic (exact) mass is 391 g/mol.